The number of para-hydroxylation sites is 1. The van der Waals surface area contributed by atoms with E-state index >= 15 is 0 Å². The molecule has 0 fully saturated rings. The molecule has 23 heavy (non-hydrogen) atoms. The third kappa shape index (κ3) is 2.12. The number of benzene rings is 2. The average molecular weight is 303 g/mol. The van der Waals surface area contributed by atoms with E-state index in [-0.39, 0.29) is 0 Å². The van der Waals surface area contributed by atoms with Crippen molar-refractivity contribution in [2.75, 3.05) is 11.9 Å². The van der Waals surface area contributed by atoms with Crippen LogP contribution < -0.4 is 4.90 Å². The van der Waals surface area contributed by atoms with Gasteiger partial charge in [0, 0.05) is 18.1 Å². The Hall–Kier alpha value is -2.95. The first-order chi connectivity index (χ1) is 11.1. The normalized spacial score (nSPS) is 11.3. The minimum Gasteiger partial charge on any atom is -0.315 e. The van der Waals surface area contributed by atoms with Gasteiger partial charge in [-0.05, 0) is 43.7 Å². The maximum atomic E-state index is 4.85. The molecule has 0 saturated carbocycles. The molecule has 0 N–H and O–H groups in total. The Balaban J connectivity index is 2.03. The van der Waals surface area contributed by atoms with Crippen molar-refractivity contribution in [1.29, 1.82) is 0 Å². The lowest BCUT2D eigenvalue weighted by molar-refractivity contribution is 0.955. The number of anilines is 2. The first kappa shape index (κ1) is 13.7. The topological polar surface area (TPSA) is 46.3 Å². The van der Waals surface area contributed by atoms with Gasteiger partial charge in [0.05, 0.1) is 5.52 Å². The lowest BCUT2D eigenvalue weighted by Gasteiger charge is -2.20. The highest BCUT2D eigenvalue weighted by atomic mass is 15.3. The van der Waals surface area contributed by atoms with Crippen molar-refractivity contribution in [3.05, 3.63) is 59.9 Å². The lowest BCUT2D eigenvalue weighted by Crippen LogP contribution is -2.16. The van der Waals surface area contributed by atoms with E-state index in [4.69, 9.17) is 4.98 Å². The zero-order chi connectivity index (χ0) is 16.0. The van der Waals surface area contributed by atoms with E-state index in [2.05, 4.69) is 46.3 Å². The monoisotopic (exact) mass is 303 g/mol. The molecule has 4 rings (SSSR count). The predicted octanol–water partition coefficient (Wildman–Crippen LogP) is 3.66. The smallest absolute Gasteiger partial charge is 0.217 e. The van der Waals surface area contributed by atoms with Crippen LogP contribution in [0.15, 0.2) is 48.5 Å². The van der Waals surface area contributed by atoms with Gasteiger partial charge < -0.3 is 4.90 Å². The molecule has 0 spiro atoms. The number of hydrogen-bond acceptors (Lipinski definition) is 4. The highest BCUT2D eigenvalue weighted by Crippen LogP contribution is 2.27. The number of aromatic nitrogens is 4. The van der Waals surface area contributed by atoms with E-state index in [1.807, 2.05) is 42.6 Å². The molecule has 2 aromatic carbocycles. The average Bonchev–Trinajstić information content (AvgIpc) is 2.96. The van der Waals surface area contributed by atoms with Gasteiger partial charge in [0.15, 0.2) is 5.65 Å². The molecule has 0 aliphatic rings. The first-order valence-corrected chi connectivity index (χ1v) is 7.56. The van der Waals surface area contributed by atoms with Gasteiger partial charge in [-0.1, -0.05) is 24.3 Å². The van der Waals surface area contributed by atoms with Crippen molar-refractivity contribution in [2.24, 2.45) is 0 Å². The first-order valence-electron chi connectivity index (χ1n) is 7.56. The highest BCUT2D eigenvalue weighted by molar-refractivity contribution is 5.92. The maximum absolute atomic E-state index is 4.85. The highest BCUT2D eigenvalue weighted by Gasteiger charge is 2.16. The van der Waals surface area contributed by atoms with Crippen LogP contribution in [0.2, 0.25) is 0 Å². The summed E-state index contributed by atoms with van der Waals surface area (Å²) in [6.45, 7) is 4.04. The van der Waals surface area contributed by atoms with Gasteiger partial charge in [-0.25, -0.2) is 9.38 Å². The van der Waals surface area contributed by atoms with Crippen LogP contribution in [0.5, 0.6) is 0 Å². The van der Waals surface area contributed by atoms with Crippen molar-refractivity contribution in [3.63, 3.8) is 0 Å². The van der Waals surface area contributed by atoms with E-state index in [1.54, 1.807) is 0 Å². The Morgan fingerprint density at radius 1 is 0.957 bits per heavy atom. The molecule has 2 heterocycles. The van der Waals surface area contributed by atoms with Crippen molar-refractivity contribution in [1.82, 2.24) is 19.6 Å². The Labute approximate surface area is 134 Å². The molecule has 4 aromatic rings. The molecule has 0 aliphatic carbocycles. The summed E-state index contributed by atoms with van der Waals surface area (Å²) in [6.07, 6.45) is 0. The summed E-state index contributed by atoms with van der Waals surface area (Å²) >= 11 is 0. The van der Waals surface area contributed by atoms with Crippen LogP contribution in [0.4, 0.5) is 11.6 Å². The Morgan fingerprint density at radius 2 is 1.78 bits per heavy atom. The van der Waals surface area contributed by atoms with Gasteiger partial charge in [0.25, 0.3) is 0 Å². The molecule has 5 nitrogen and oxygen atoms in total. The fourth-order valence-corrected chi connectivity index (χ4v) is 2.87. The van der Waals surface area contributed by atoms with E-state index in [1.165, 1.54) is 5.56 Å². The van der Waals surface area contributed by atoms with Crippen LogP contribution in [0.1, 0.15) is 11.4 Å². The molecule has 114 valence electrons. The summed E-state index contributed by atoms with van der Waals surface area (Å²) in [7, 11) is 2.02. The van der Waals surface area contributed by atoms with E-state index in [0.717, 1.165) is 34.0 Å². The lowest BCUT2D eigenvalue weighted by atomic mass is 10.2. The minimum atomic E-state index is 0.812. The second kappa shape index (κ2) is 5.05. The van der Waals surface area contributed by atoms with Crippen LogP contribution in [0, 0.1) is 13.8 Å². The molecule has 0 amide bonds. The summed E-state index contributed by atoms with van der Waals surface area (Å²) < 4.78 is 2.00. The van der Waals surface area contributed by atoms with Gasteiger partial charge in [0.2, 0.25) is 5.95 Å². The van der Waals surface area contributed by atoms with Gasteiger partial charge in [0.1, 0.15) is 5.82 Å². The fraction of sp³-hybridized carbons (Fsp3) is 0.167. The molecule has 0 unspecified atom stereocenters. The van der Waals surface area contributed by atoms with Crippen LogP contribution >= 0.6 is 0 Å². The SMILES string of the molecule is Cc1cccc(N(C)c2nc3ccccc3c3nnc(C)n23)c1. The molecule has 0 saturated heterocycles. The summed E-state index contributed by atoms with van der Waals surface area (Å²) in [5, 5.41) is 9.60. The Morgan fingerprint density at radius 3 is 2.61 bits per heavy atom. The fourth-order valence-electron chi connectivity index (χ4n) is 2.87. The van der Waals surface area contributed by atoms with Crippen LogP contribution in [-0.4, -0.2) is 26.6 Å². The molecule has 0 bridgehead atoms. The number of hydrogen-bond donors (Lipinski definition) is 0. The minimum absolute atomic E-state index is 0.812. The van der Waals surface area contributed by atoms with Crippen LogP contribution in [0.25, 0.3) is 16.6 Å². The molecule has 0 atom stereocenters. The standard InChI is InChI=1S/C18H17N5/c1-12-7-6-8-14(11-12)22(3)18-19-16-10-5-4-9-15(16)17-21-20-13(2)23(17)18/h4-11H,1-3H3. The second-order valence-corrected chi connectivity index (χ2v) is 5.73. The number of nitrogens with zero attached hydrogens (tertiary/aromatic N) is 5. The van der Waals surface area contributed by atoms with Crippen LogP contribution in [-0.2, 0) is 0 Å². The molecule has 0 radical (unpaired) electrons. The number of aryl methyl sites for hydroxylation is 2. The van der Waals surface area contributed by atoms with E-state index < -0.39 is 0 Å². The van der Waals surface area contributed by atoms with Gasteiger partial charge in [-0.15, -0.1) is 10.2 Å². The number of rotatable bonds is 2. The number of fused-ring (bicyclic) bond motifs is 3. The van der Waals surface area contributed by atoms with Gasteiger partial charge in [-0.2, -0.15) is 0 Å². The second-order valence-electron chi connectivity index (χ2n) is 5.73. The summed E-state index contributed by atoms with van der Waals surface area (Å²) in [5.74, 6) is 1.64. The van der Waals surface area contributed by atoms with Crippen molar-refractivity contribution >= 4 is 28.2 Å². The zero-order valence-corrected chi connectivity index (χ0v) is 13.4. The third-order valence-electron chi connectivity index (χ3n) is 4.08. The molecule has 5 heteroatoms. The van der Waals surface area contributed by atoms with Crippen molar-refractivity contribution < 1.29 is 0 Å². The summed E-state index contributed by atoms with van der Waals surface area (Å²) in [6, 6.07) is 16.4. The quantitative estimate of drug-likeness (QED) is 0.567. The Kier molecular flexibility index (Phi) is 3.01. The maximum Gasteiger partial charge on any atom is 0.217 e. The van der Waals surface area contributed by atoms with E-state index in [0.29, 0.717) is 0 Å². The van der Waals surface area contributed by atoms with Gasteiger partial charge >= 0.3 is 0 Å². The third-order valence-corrected chi connectivity index (χ3v) is 4.08. The molecular weight excluding hydrogens is 286 g/mol. The molecule has 0 aliphatic heterocycles. The largest absolute Gasteiger partial charge is 0.315 e. The molecular formula is C18H17N5. The van der Waals surface area contributed by atoms with Crippen molar-refractivity contribution in [3.8, 4) is 0 Å². The summed E-state index contributed by atoms with van der Waals surface area (Å²) in [4.78, 5) is 6.92. The van der Waals surface area contributed by atoms with E-state index in [9.17, 15) is 0 Å². The molecule has 2 aromatic heterocycles. The Bertz CT molecular complexity index is 1020. The van der Waals surface area contributed by atoms with Crippen molar-refractivity contribution in [2.45, 2.75) is 13.8 Å². The predicted molar refractivity (Wildman–Crippen MR) is 92.3 cm³/mol. The van der Waals surface area contributed by atoms with Gasteiger partial charge in [-0.3, -0.25) is 0 Å². The van der Waals surface area contributed by atoms with Crippen LogP contribution in [0.3, 0.4) is 0 Å². The zero-order valence-electron chi connectivity index (χ0n) is 13.4. The summed E-state index contributed by atoms with van der Waals surface area (Å²) in [5.41, 5.74) is 4.05.